The summed E-state index contributed by atoms with van der Waals surface area (Å²) in [5.41, 5.74) is -1.48. The fourth-order valence-corrected chi connectivity index (χ4v) is 5.58. The van der Waals surface area contributed by atoms with E-state index in [1.54, 1.807) is 0 Å². The average molecular weight is 479 g/mol. The number of nitrogens with zero attached hydrogens (tertiary/aromatic N) is 1. The van der Waals surface area contributed by atoms with Crippen molar-refractivity contribution in [3.05, 3.63) is 34.3 Å². The van der Waals surface area contributed by atoms with Gasteiger partial charge in [0.25, 0.3) is 5.91 Å². The third kappa shape index (κ3) is 6.76. The predicted octanol–water partition coefficient (Wildman–Crippen LogP) is 5.66. The Labute approximate surface area is 191 Å². The summed E-state index contributed by atoms with van der Waals surface area (Å²) in [4.78, 5) is 12.8. The Morgan fingerprint density at radius 1 is 1.29 bits per heavy atom. The van der Waals surface area contributed by atoms with E-state index in [1.807, 2.05) is 11.9 Å². The van der Waals surface area contributed by atoms with Gasteiger partial charge in [0.15, 0.2) is 0 Å². The van der Waals surface area contributed by atoms with Crippen molar-refractivity contribution in [1.29, 1.82) is 0 Å². The van der Waals surface area contributed by atoms with Gasteiger partial charge in [-0.3, -0.25) is 9.10 Å². The second kappa shape index (κ2) is 10.8. The summed E-state index contributed by atoms with van der Waals surface area (Å²) < 4.78 is 48.1. The summed E-state index contributed by atoms with van der Waals surface area (Å²) in [6.07, 6.45) is 0.167. The number of piperidine rings is 1. The van der Waals surface area contributed by atoms with Crippen molar-refractivity contribution < 1.29 is 22.7 Å². The van der Waals surface area contributed by atoms with Gasteiger partial charge in [0.2, 0.25) is 0 Å². The molecule has 1 aromatic carbocycles. The van der Waals surface area contributed by atoms with Crippen LogP contribution < -0.4 is 5.32 Å². The van der Waals surface area contributed by atoms with Crippen LogP contribution in [0.4, 0.5) is 13.2 Å². The molecule has 9 heteroatoms. The molecule has 1 aromatic rings. The fraction of sp³-hybridized carbons (Fsp3) is 0.682. The Balaban J connectivity index is 1.72. The average Bonchev–Trinajstić information content (AvgIpc) is 2.74. The first-order chi connectivity index (χ1) is 14.7. The molecule has 0 unspecified atom stereocenters. The number of benzene rings is 1. The third-order valence-electron chi connectivity index (χ3n) is 6.31. The Hall–Kier alpha value is -0.960. The summed E-state index contributed by atoms with van der Waals surface area (Å²) in [7, 11) is 0. The molecule has 1 N–H and O–H groups in total. The maximum Gasteiger partial charge on any atom is 0.417 e. The number of ether oxygens (including phenoxy) is 1. The van der Waals surface area contributed by atoms with E-state index in [-0.39, 0.29) is 16.0 Å². The van der Waals surface area contributed by atoms with Crippen molar-refractivity contribution in [2.24, 2.45) is 11.3 Å². The summed E-state index contributed by atoms with van der Waals surface area (Å²) in [5, 5.41) is 2.80. The lowest BCUT2D eigenvalue weighted by atomic mass is 9.71. The van der Waals surface area contributed by atoms with Gasteiger partial charge < -0.3 is 10.1 Å². The third-order valence-corrected chi connectivity index (χ3v) is 7.54. The first kappa shape index (κ1) is 24.7. The SMILES string of the molecule is CCSN1CCC(CNC(=O)c2ccc(Cl)cc2C(F)(F)F)(CC2CCOCC2)CC1. The predicted molar refractivity (Wildman–Crippen MR) is 118 cm³/mol. The van der Waals surface area contributed by atoms with E-state index in [9.17, 15) is 18.0 Å². The van der Waals surface area contributed by atoms with Crippen molar-refractivity contribution in [3.63, 3.8) is 0 Å². The Bertz CT molecular complexity index is 749. The summed E-state index contributed by atoms with van der Waals surface area (Å²) >= 11 is 7.56. The first-order valence-corrected chi connectivity index (χ1v) is 12.1. The minimum atomic E-state index is -4.64. The summed E-state index contributed by atoms with van der Waals surface area (Å²) in [6, 6.07) is 3.30. The molecule has 0 bridgehead atoms. The molecule has 0 radical (unpaired) electrons. The zero-order valence-corrected chi connectivity index (χ0v) is 19.3. The van der Waals surface area contributed by atoms with Crippen LogP contribution in [0, 0.1) is 11.3 Å². The van der Waals surface area contributed by atoms with Gasteiger partial charge in [-0.2, -0.15) is 13.2 Å². The van der Waals surface area contributed by atoms with E-state index in [4.69, 9.17) is 16.3 Å². The molecule has 2 saturated heterocycles. The van der Waals surface area contributed by atoms with E-state index in [0.717, 1.165) is 76.3 Å². The molecule has 0 atom stereocenters. The van der Waals surface area contributed by atoms with Gasteiger partial charge in [0.05, 0.1) is 11.1 Å². The Morgan fingerprint density at radius 2 is 1.97 bits per heavy atom. The minimum Gasteiger partial charge on any atom is -0.381 e. The highest BCUT2D eigenvalue weighted by Crippen LogP contribution is 2.41. The summed E-state index contributed by atoms with van der Waals surface area (Å²) in [5.74, 6) is 0.846. The highest BCUT2D eigenvalue weighted by atomic mass is 35.5. The molecule has 1 amide bonds. The van der Waals surface area contributed by atoms with Crippen LogP contribution in [0.25, 0.3) is 0 Å². The van der Waals surface area contributed by atoms with Crippen molar-refractivity contribution in [2.45, 2.75) is 45.2 Å². The Kier molecular flexibility index (Phi) is 8.57. The minimum absolute atomic E-state index is 0.0411. The van der Waals surface area contributed by atoms with E-state index >= 15 is 0 Å². The van der Waals surface area contributed by atoms with Crippen LogP contribution in [-0.2, 0) is 10.9 Å². The second-order valence-corrected chi connectivity index (χ2v) is 10.3. The number of halogens is 4. The van der Waals surface area contributed by atoms with Crippen LogP contribution in [0.2, 0.25) is 5.02 Å². The number of alkyl halides is 3. The van der Waals surface area contributed by atoms with Crippen LogP contribution in [-0.4, -0.2) is 48.8 Å². The van der Waals surface area contributed by atoms with Crippen molar-refractivity contribution in [2.75, 3.05) is 38.6 Å². The van der Waals surface area contributed by atoms with Crippen LogP contribution >= 0.6 is 23.5 Å². The molecule has 0 saturated carbocycles. The molecule has 0 aromatic heterocycles. The van der Waals surface area contributed by atoms with Gasteiger partial charge in [0, 0.05) is 43.6 Å². The molecule has 0 aliphatic carbocycles. The van der Waals surface area contributed by atoms with Crippen LogP contribution in [0.15, 0.2) is 18.2 Å². The molecule has 4 nitrogen and oxygen atoms in total. The molecule has 174 valence electrons. The number of hydrogen-bond acceptors (Lipinski definition) is 4. The summed E-state index contributed by atoms with van der Waals surface area (Å²) in [6.45, 7) is 5.86. The van der Waals surface area contributed by atoms with Crippen molar-refractivity contribution in [1.82, 2.24) is 9.62 Å². The van der Waals surface area contributed by atoms with Gasteiger partial charge in [0.1, 0.15) is 0 Å². The quantitative estimate of drug-likeness (QED) is 0.514. The van der Waals surface area contributed by atoms with Gasteiger partial charge in [-0.15, -0.1) is 0 Å². The van der Waals surface area contributed by atoms with Crippen LogP contribution in [0.3, 0.4) is 0 Å². The lowest BCUT2D eigenvalue weighted by molar-refractivity contribution is -0.137. The van der Waals surface area contributed by atoms with E-state index in [2.05, 4.69) is 16.5 Å². The lowest BCUT2D eigenvalue weighted by Crippen LogP contribution is -2.46. The highest BCUT2D eigenvalue weighted by Gasteiger charge is 2.39. The maximum absolute atomic E-state index is 13.4. The molecular weight excluding hydrogens is 449 g/mol. The zero-order chi connectivity index (χ0) is 22.5. The number of carbonyl (C=O) groups is 1. The largest absolute Gasteiger partial charge is 0.417 e. The normalized spacial score (nSPS) is 20.5. The monoisotopic (exact) mass is 478 g/mol. The van der Waals surface area contributed by atoms with E-state index in [0.29, 0.717) is 12.5 Å². The molecule has 3 rings (SSSR count). The van der Waals surface area contributed by atoms with Crippen LogP contribution in [0.5, 0.6) is 0 Å². The molecular formula is C22H30ClF3N2O2S. The molecule has 2 heterocycles. The molecule has 0 spiro atoms. The molecule has 2 aliphatic heterocycles. The molecule has 31 heavy (non-hydrogen) atoms. The standard InChI is InChI=1S/C22H30ClF3N2O2S/c1-2-31-28-9-7-21(8-10-28,14-16-5-11-30-12-6-16)15-27-20(29)18-4-3-17(23)13-19(18)22(24,25)26/h3-4,13,16H,2,5-12,14-15H2,1H3,(H,27,29). The highest BCUT2D eigenvalue weighted by molar-refractivity contribution is 7.96. The number of carbonyl (C=O) groups excluding carboxylic acids is 1. The zero-order valence-electron chi connectivity index (χ0n) is 17.8. The molecule has 2 fully saturated rings. The topological polar surface area (TPSA) is 41.6 Å². The number of nitrogens with one attached hydrogen (secondary N) is 1. The molecule has 2 aliphatic rings. The van der Waals surface area contributed by atoms with E-state index < -0.39 is 17.6 Å². The van der Waals surface area contributed by atoms with Gasteiger partial charge in [-0.05, 0) is 61.6 Å². The number of amides is 1. The van der Waals surface area contributed by atoms with E-state index in [1.165, 1.54) is 6.07 Å². The number of rotatable bonds is 7. The second-order valence-electron chi connectivity index (χ2n) is 8.48. The van der Waals surface area contributed by atoms with Crippen molar-refractivity contribution >= 4 is 29.5 Å². The van der Waals surface area contributed by atoms with Gasteiger partial charge >= 0.3 is 6.18 Å². The Morgan fingerprint density at radius 3 is 2.58 bits per heavy atom. The fourth-order valence-electron chi connectivity index (χ4n) is 4.60. The maximum atomic E-state index is 13.4. The van der Waals surface area contributed by atoms with Gasteiger partial charge in [-0.25, -0.2) is 0 Å². The van der Waals surface area contributed by atoms with Gasteiger partial charge in [-0.1, -0.05) is 30.5 Å². The first-order valence-electron chi connectivity index (χ1n) is 10.8. The lowest BCUT2D eigenvalue weighted by Gasteiger charge is -2.44. The van der Waals surface area contributed by atoms with Crippen molar-refractivity contribution in [3.8, 4) is 0 Å². The number of hydrogen-bond donors (Lipinski definition) is 1. The van der Waals surface area contributed by atoms with Crippen LogP contribution in [0.1, 0.15) is 54.9 Å². The smallest absolute Gasteiger partial charge is 0.381 e.